The first-order valence-electron chi connectivity index (χ1n) is 9.17. The summed E-state index contributed by atoms with van der Waals surface area (Å²) in [7, 11) is 0. The summed E-state index contributed by atoms with van der Waals surface area (Å²) in [4.78, 5) is 60.5. The van der Waals surface area contributed by atoms with Gasteiger partial charge in [-0.3, -0.25) is 24.0 Å². The molecular weight excluding hydrogens is 370 g/mol. The number of carboxylic acids is 1. The van der Waals surface area contributed by atoms with E-state index in [2.05, 4.69) is 16.0 Å². The smallest absolute Gasteiger partial charge is 0.322 e. The second-order valence-corrected chi connectivity index (χ2v) is 7.09. The molecule has 0 aliphatic carbocycles. The van der Waals surface area contributed by atoms with E-state index in [1.54, 1.807) is 13.8 Å². The van der Waals surface area contributed by atoms with Crippen molar-refractivity contribution in [1.29, 1.82) is 0 Å². The number of nitrogens with one attached hydrogen (secondary N) is 3. The van der Waals surface area contributed by atoms with Crippen molar-refractivity contribution in [1.82, 2.24) is 20.9 Å². The molecule has 0 aromatic heterocycles. The van der Waals surface area contributed by atoms with Crippen LogP contribution in [0.25, 0.3) is 0 Å². The third-order valence-electron chi connectivity index (χ3n) is 4.36. The van der Waals surface area contributed by atoms with Gasteiger partial charge in [-0.25, -0.2) is 0 Å². The Labute approximate surface area is 163 Å². The average molecular weight is 399 g/mol. The van der Waals surface area contributed by atoms with E-state index in [1.165, 1.54) is 11.8 Å². The van der Waals surface area contributed by atoms with Gasteiger partial charge in [-0.1, -0.05) is 13.8 Å². The lowest BCUT2D eigenvalue weighted by atomic mass is 10.0. The van der Waals surface area contributed by atoms with E-state index in [4.69, 9.17) is 10.8 Å². The van der Waals surface area contributed by atoms with Crippen LogP contribution in [-0.2, 0) is 24.0 Å². The Morgan fingerprint density at radius 1 is 1.07 bits per heavy atom. The Hall–Kier alpha value is -2.69. The van der Waals surface area contributed by atoms with Crippen molar-refractivity contribution >= 4 is 29.6 Å². The van der Waals surface area contributed by atoms with Crippen molar-refractivity contribution in [3.8, 4) is 0 Å². The highest BCUT2D eigenvalue weighted by atomic mass is 16.4. The van der Waals surface area contributed by atoms with Crippen molar-refractivity contribution in [2.24, 2.45) is 11.7 Å². The van der Waals surface area contributed by atoms with Gasteiger partial charge in [-0.05, 0) is 25.7 Å². The predicted octanol–water partition coefficient (Wildman–Crippen LogP) is -2.22. The first kappa shape index (κ1) is 23.3. The zero-order chi connectivity index (χ0) is 21.4. The fraction of sp³-hybridized carbons (Fsp3) is 0.706. The van der Waals surface area contributed by atoms with Crippen LogP contribution in [0.1, 0.15) is 33.6 Å². The predicted molar refractivity (Wildman–Crippen MR) is 98.8 cm³/mol. The Morgan fingerprint density at radius 2 is 1.71 bits per heavy atom. The molecule has 28 heavy (non-hydrogen) atoms. The molecule has 0 aromatic carbocycles. The Morgan fingerprint density at radius 3 is 2.25 bits per heavy atom. The van der Waals surface area contributed by atoms with E-state index in [-0.39, 0.29) is 12.5 Å². The van der Waals surface area contributed by atoms with Crippen LogP contribution in [0.4, 0.5) is 0 Å². The van der Waals surface area contributed by atoms with Gasteiger partial charge in [0.15, 0.2) is 0 Å². The normalized spacial score (nSPS) is 18.3. The number of aliphatic carboxylic acids is 1. The summed E-state index contributed by atoms with van der Waals surface area (Å²) in [6, 6.07) is -2.38. The van der Waals surface area contributed by atoms with Gasteiger partial charge in [0.2, 0.25) is 23.6 Å². The minimum atomic E-state index is -1.18. The van der Waals surface area contributed by atoms with E-state index in [0.717, 1.165) is 0 Å². The summed E-state index contributed by atoms with van der Waals surface area (Å²) < 4.78 is 0. The molecule has 1 saturated heterocycles. The van der Waals surface area contributed by atoms with Gasteiger partial charge in [0.1, 0.15) is 18.6 Å². The Kier molecular flexibility index (Phi) is 8.83. The molecule has 11 heteroatoms. The Bertz CT molecular complexity index is 621. The molecule has 3 atom stereocenters. The lowest BCUT2D eigenvalue weighted by Gasteiger charge is -2.25. The molecule has 0 bridgehead atoms. The van der Waals surface area contributed by atoms with E-state index in [0.29, 0.717) is 19.4 Å². The number of carboxylic acid groups (broad SMARTS) is 1. The number of rotatable bonds is 9. The molecular formula is C17H29N5O6. The van der Waals surface area contributed by atoms with E-state index in [1.807, 2.05) is 0 Å². The van der Waals surface area contributed by atoms with E-state index < -0.39 is 54.3 Å². The van der Waals surface area contributed by atoms with Crippen molar-refractivity contribution in [3.05, 3.63) is 0 Å². The van der Waals surface area contributed by atoms with Crippen molar-refractivity contribution < 1.29 is 29.1 Å². The summed E-state index contributed by atoms with van der Waals surface area (Å²) >= 11 is 0. The molecule has 4 amide bonds. The zero-order valence-corrected chi connectivity index (χ0v) is 16.4. The minimum absolute atomic E-state index is 0.223. The summed E-state index contributed by atoms with van der Waals surface area (Å²) in [5.41, 5.74) is 5.50. The second-order valence-electron chi connectivity index (χ2n) is 7.09. The number of amides is 4. The summed E-state index contributed by atoms with van der Waals surface area (Å²) in [5.74, 6) is -3.39. The van der Waals surface area contributed by atoms with Crippen LogP contribution in [0, 0.1) is 5.92 Å². The maximum Gasteiger partial charge on any atom is 0.322 e. The molecule has 1 aliphatic heterocycles. The number of nitrogens with two attached hydrogens (primary N) is 1. The number of likely N-dealkylation sites (tertiary alicyclic amines) is 1. The fourth-order valence-corrected chi connectivity index (χ4v) is 2.81. The fourth-order valence-electron chi connectivity index (χ4n) is 2.81. The average Bonchev–Trinajstić information content (AvgIpc) is 3.11. The van der Waals surface area contributed by atoms with Crippen LogP contribution in [0.5, 0.6) is 0 Å². The number of hydrogen-bond acceptors (Lipinski definition) is 6. The van der Waals surface area contributed by atoms with Gasteiger partial charge >= 0.3 is 5.97 Å². The number of carbonyl (C=O) groups is 5. The second kappa shape index (κ2) is 10.6. The van der Waals surface area contributed by atoms with Crippen molar-refractivity contribution in [2.45, 2.75) is 51.7 Å². The number of hydrogen-bond donors (Lipinski definition) is 5. The molecule has 1 rings (SSSR count). The third-order valence-corrected chi connectivity index (χ3v) is 4.36. The Balaban J connectivity index is 2.63. The van der Waals surface area contributed by atoms with Crippen molar-refractivity contribution in [2.75, 3.05) is 19.6 Å². The van der Waals surface area contributed by atoms with Gasteiger partial charge in [-0.15, -0.1) is 0 Å². The SMILES string of the molecule is CC(C)[C@H](NC(=O)[C@H](C)N)C(=O)NCC(=O)N1CCC[C@H]1C(=O)NCC(=O)O. The highest BCUT2D eigenvalue weighted by Crippen LogP contribution is 2.17. The van der Waals surface area contributed by atoms with Crippen LogP contribution in [-0.4, -0.2) is 77.4 Å². The van der Waals surface area contributed by atoms with Gasteiger partial charge in [0, 0.05) is 6.54 Å². The lowest BCUT2D eigenvalue weighted by molar-refractivity contribution is -0.141. The molecule has 6 N–H and O–H groups in total. The van der Waals surface area contributed by atoms with Gasteiger partial charge in [0.25, 0.3) is 0 Å². The van der Waals surface area contributed by atoms with Crippen LogP contribution in [0.15, 0.2) is 0 Å². The van der Waals surface area contributed by atoms with E-state index in [9.17, 15) is 24.0 Å². The minimum Gasteiger partial charge on any atom is -0.480 e. The maximum absolute atomic E-state index is 12.4. The van der Waals surface area contributed by atoms with E-state index >= 15 is 0 Å². The molecule has 1 fully saturated rings. The number of nitrogens with zero attached hydrogens (tertiary/aromatic N) is 1. The summed E-state index contributed by atoms with van der Waals surface area (Å²) in [6.45, 7) is 4.47. The van der Waals surface area contributed by atoms with Crippen molar-refractivity contribution in [3.63, 3.8) is 0 Å². The van der Waals surface area contributed by atoms with Crippen LogP contribution >= 0.6 is 0 Å². The molecule has 1 heterocycles. The van der Waals surface area contributed by atoms with Crippen LogP contribution in [0.3, 0.4) is 0 Å². The number of carbonyl (C=O) groups excluding carboxylic acids is 4. The summed E-state index contributed by atoms with van der Waals surface area (Å²) in [6.07, 6.45) is 1.02. The molecule has 1 aliphatic rings. The largest absolute Gasteiger partial charge is 0.480 e. The monoisotopic (exact) mass is 399 g/mol. The van der Waals surface area contributed by atoms with Gasteiger partial charge in [0.05, 0.1) is 12.6 Å². The molecule has 0 unspecified atom stereocenters. The molecule has 11 nitrogen and oxygen atoms in total. The molecule has 0 radical (unpaired) electrons. The van der Waals surface area contributed by atoms with Crippen LogP contribution in [0.2, 0.25) is 0 Å². The van der Waals surface area contributed by atoms with Gasteiger partial charge in [-0.2, -0.15) is 0 Å². The summed E-state index contributed by atoms with van der Waals surface area (Å²) in [5, 5.41) is 15.9. The first-order chi connectivity index (χ1) is 13.0. The molecule has 0 spiro atoms. The maximum atomic E-state index is 12.4. The standard InChI is InChI=1S/C17H29N5O6/c1-9(2)14(21-15(26)10(3)18)17(28)19-7-12(23)22-6-4-5-11(22)16(27)20-8-13(24)25/h9-11,14H,4-8,18H2,1-3H3,(H,19,28)(H,20,27)(H,21,26)(H,24,25)/t10-,11-,14-/m0/s1. The topological polar surface area (TPSA) is 171 Å². The third kappa shape index (κ3) is 6.80. The quantitative estimate of drug-likeness (QED) is 0.292. The highest BCUT2D eigenvalue weighted by molar-refractivity contribution is 5.94. The molecule has 0 saturated carbocycles. The van der Waals surface area contributed by atoms with Gasteiger partial charge < -0.3 is 31.7 Å². The zero-order valence-electron chi connectivity index (χ0n) is 16.4. The lowest BCUT2D eigenvalue weighted by Crippen LogP contribution is -2.55. The highest BCUT2D eigenvalue weighted by Gasteiger charge is 2.34. The first-order valence-corrected chi connectivity index (χ1v) is 9.17. The molecule has 0 aromatic rings. The van der Waals surface area contributed by atoms with Crippen LogP contribution < -0.4 is 21.7 Å². The molecule has 158 valence electrons.